The van der Waals surface area contributed by atoms with Crippen molar-refractivity contribution in [1.29, 1.82) is 0 Å². The van der Waals surface area contributed by atoms with E-state index in [2.05, 4.69) is 28.9 Å². The van der Waals surface area contributed by atoms with Gasteiger partial charge < -0.3 is 11.1 Å². The van der Waals surface area contributed by atoms with Gasteiger partial charge in [0.05, 0.1) is 11.4 Å². The summed E-state index contributed by atoms with van der Waals surface area (Å²) in [6.45, 7) is 4.57. The molecule has 6 nitrogen and oxygen atoms in total. The molecule has 2 rings (SSSR count). The first kappa shape index (κ1) is 20.2. The first-order valence-electron chi connectivity index (χ1n) is 8.20. The summed E-state index contributed by atoms with van der Waals surface area (Å²) in [5.74, 6) is 0.642. The molecule has 0 spiro atoms. The van der Waals surface area contributed by atoms with E-state index in [1.807, 2.05) is 24.3 Å². The molecule has 0 aromatic heterocycles. The van der Waals surface area contributed by atoms with Crippen molar-refractivity contribution in [2.75, 3.05) is 18.4 Å². The lowest BCUT2D eigenvalue weighted by molar-refractivity contribution is 0.582. The normalized spacial score (nSPS) is 12.4. The number of nitrogens with two attached hydrogens (primary N) is 1. The number of halogens is 1. The third-order valence-corrected chi connectivity index (χ3v) is 5.31. The van der Waals surface area contributed by atoms with Crippen molar-refractivity contribution in [3.63, 3.8) is 0 Å². The SMILES string of the molecule is CC(C)c1cccc(NC(N)=NCCNS(=O)(=O)c2cccc(Cl)c2)c1. The molecule has 26 heavy (non-hydrogen) atoms. The van der Waals surface area contributed by atoms with Gasteiger partial charge in [-0.3, -0.25) is 4.99 Å². The van der Waals surface area contributed by atoms with E-state index in [4.69, 9.17) is 17.3 Å². The molecule has 8 heteroatoms. The van der Waals surface area contributed by atoms with Crippen LogP contribution in [0.4, 0.5) is 5.69 Å². The standard InChI is InChI=1S/C18H23ClN4O2S/c1-13(2)14-5-3-7-16(11-14)23-18(20)21-9-10-22-26(24,25)17-8-4-6-15(19)12-17/h3-8,11-13,22H,9-10H2,1-2H3,(H3,20,21,23). The third kappa shape index (κ3) is 6.01. The van der Waals surface area contributed by atoms with E-state index in [1.165, 1.54) is 17.7 Å². The van der Waals surface area contributed by atoms with Gasteiger partial charge in [0.2, 0.25) is 10.0 Å². The van der Waals surface area contributed by atoms with Gasteiger partial charge in [0.25, 0.3) is 0 Å². The molecule has 0 saturated heterocycles. The molecule has 2 aromatic rings. The van der Waals surface area contributed by atoms with Gasteiger partial charge >= 0.3 is 0 Å². The highest BCUT2D eigenvalue weighted by Crippen LogP contribution is 2.18. The fraction of sp³-hybridized carbons (Fsp3) is 0.278. The number of hydrogen-bond donors (Lipinski definition) is 3. The van der Waals surface area contributed by atoms with Crippen LogP contribution in [-0.2, 0) is 10.0 Å². The maximum Gasteiger partial charge on any atom is 0.240 e. The minimum Gasteiger partial charge on any atom is -0.370 e. The van der Waals surface area contributed by atoms with E-state index < -0.39 is 10.0 Å². The molecular weight excluding hydrogens is 372 g/mol. The van der Waals surface area contributed by atoms with Crippen LogP contribution in [0.15, 0.2) is 58.4 Å². The molecule has 0 bridgehead atoms. The lowest BCUT2D eigenvalue weighted by Gasteiger charge is -2.10. The number of nitrogens with zero attached hydrogens (tertiary/aromatic N) is 1. The first-order valence-corrected chi connectivity index (χ1v) is 10.1. The summed E-state index contributed by atoms with van der Waals surface area (Å²) in [6.07, 6.45) is 0. The van der Waals surface area contributed by atoms with E-state index in [0.717, 1.165) is 5.69 Å². The average Bonchev–Trinajstić information content (AvgIpc) is 2.59. The zero-order valence-electron chi connectivity index (χ0n) is 14.7. The largest absolute Gasteiger partial charge is 0.370 e. The van der Waals surface area contributed by atoms with Crippen LogP contribution in [0.5, 0.6) is 0 Å². The van der Waals surface area contributed by atoms with Gasteiger partial charge in [0.1, 0.15) is 0 Å². The van der Waals surface area contributed by atoms with Gasteiger partial charge in [0.15, 0.2) is 5.96 Å². The molecule has 0 saturated carbocycles. The Morgan fingerprint density at radius 3 is 2.62 bits per heavy atom. The predicted molar refractivity (Wildman–Crippen MR) is 107 cm³/mol. The Balaban J connectivity index is 1.89. The molecule has 4 N–H and O–H groups in total. The Bertz CT molecular complexity index is 882. The monoisotopic (exact) mass is 394 g/mol. The number of guanidine groups is 1. The molecule has 0 aliphatic heterocycles. The van der Waals surface area contributed by atoms with Crippen molar-refractivity contribution in [2.45, 2.75) is 24.7 Å². The molecule has 0 atom stereocenters. The summed E-state index contributed by atoms with van der Waals surface area (Å²) in [6, 6.07) is 14.0. The molecule has 0 heterocycles. The molecule has 0 fully saturated rings. The summed E-state index contributed by atoms with van der Waals surface area (Å²) in [5, 5.41) is 3.37. The molecule has 0 unspecified atom stereocenters. The van der Waals surface area contributed by atoms with Crippen LogP contribution < -0.4 is 15.8 Å². The second-order valence-electron chi connectivity index (χ2n) is 6.03. The van der Waals surface area contributed by atoms with Gasteiger partial charge in [-0.15, -0.1) is 0 Å². The third-order valence-electron chi connectivity index (χ3n) is 3.62. The van der Waals surface area contributed by atoms with Crippen LogP contribution in [-0.4, -0.2) is 27.5 Å². The highest BCUT2D eigenvalue weighted by molar-refractivity contribution is 7.89. The van der Waals surface area contributed by atoms with Crippen LogP contribution in [0.2, 0.25) is 5.02 Å². The molecule has 0 amide bonds. The molecular formula is C18H23ClN4O2S. The van der Waals surface area contributed by atoms with E-state index in [9.17, 15) is 8.42 Å². The molecule has 0 aliphatic rings. The quantitative estimate of drug-likeness (QED) is 0.381. The topological polar surface area (TPSA) is 96.6 Å². The molecule has 140 valence electrons. The van der Waals surface area contributed by atoms with E-state index >= 15 is 0 Å². The van der Waals surface area contributed by atoms with Gasteiger partial charge in [-0.2, -0.15) is 0 Å². The Morgan fingerprint density at radius 2 is 1.92 bits per heavy atom. The second kappa shape index (κ2) is 9.02. The number of anilines is 1. The van der Waals surface area contributed by atoms with Gasteiger partial charge in [-0.25, -0.2) is 13.1 Å². The van der Waals surface area contributed by atoms with Crippen molar-refractivity contribution in [1.82, 2.24) is 4.72 Å². The predicted octanol–water partition coefficient (Wildman–Crippen LogP) is 3.17. The summed E-state index contributed by atoms with van der Waals surface area (Å²) in [7, 11) is -3.62. The minimum absolute atomic E-state index is 0.116. The van der Waals surface area contributed by atoms with Gasteiger partial charge in [-0.05, 0) is 41.8 Å². The number of hydrogen-bond acceptors (Lipinski definition) is 3. The van der Waals surface area contributed by atoms with Crippen LogP contribution in [0.3, 0.4) is 0 Å². The lowest BCUT2D eigenvalue weighted by Crippen LogP contribution is -2.28. The number of rotatable bonds is 7. The van der Waals surface area contributed by atoms with Crippen LogP contribution in [0.25, 0.3) is 0 Å². The molecule has 0 aliphatic carbocycles. The van der Waals surface area contributed by atoms with Crippen molar-refractivity contribution in [3.8, 4) is 0 Å². The zero-order valence-corrected chi connectivity index (χ0v) is 16.3. The summed E-state index contributed by atoms with van der Waals surface area (Å²) in [5.41, 5.74) is 7.89. The van der Waals surface area contributed by atoms with E-state index in [1.54, 1.807) is 12.1 Å². The highest BCUT2D eigenvalue weighted by Gasteiger charge is 2.13. The summed E-state index contributed by atoms with van der Waals surface area (Å²) in [4.78, 5) is 4.25. The van der Waals surface area contributed by atoms with Crippen molar-refractivity contribution < 1.29 is 8.42 Å². The maximum absolute atomic E-state index is 12.2. The fourth-order valence-corrected chi connectivity index (χ4v) is 3.56. The lowest BCUT2D eigenvalue weighted by atomic mass is 10.0. The van der Waals surface area contributed by atoms with Gasteiger partial charge in [-0.1, -0.05) is 43.6 Å². The van der Waals surface area contributed by atoms with Crippen molar-refractivity contribution >= 4 is 33.3 Å². The van der Waals surface area contributed by atoms with E-state index in [-0.39, 0.29) is 23.9 Å². The minimum atomic E-state index is -3.62. The summed E-state index contributed by atoms with van der Waals surface area (Å²) < 4.78 is 26.8. The van der Waals surface area contributed by atoms with Crippen LogP contribution in [0, 0.1) is 0 Å². The Kier molecular flexibility index (Phi) is 7.02. The van der Waals surface area contributed by atoms with Crippen LogP contribution >= 0.6 is 11.6 Å². The number of aliphatic imine (C=N–C) groups is 1. The maximum atomic E-state index is 12.2. The van der Waals surface area contributed by atoms with Crippen molar-refractivity contribution in [2.24, 2.45) is 10.7 Å². The Morgan fingerprint density at radius 1 is 1.19 bits per heavy atom. The average molecular weight is 395 g/mol. The first-order chi connectivity index (χ1) is 12.3. The van der Waals surface area contributed by atoms with Crippen LogP contribution in [0.1, 0.15) is 25.3 Å². The molecule has 0 radical (unpaired) electrons. The number of benzene rings is 2. The van der Waals surface area contributed by atoms with Gasteiger partial charge in [0, 0.05) is 17.3 Å². The second-order valence-corrected chi connectivity index (χ2v) is 8.23. The van der Waals surface area contributed by atoms with Crippen molar-refractivity contribution in [3.05, 3.63) is 59.1 Å². The number of nitrogens with one attached hydrogen (secondary N) is 2. The molecule has 2 aromatic carbocycles. The zero-order chi connectivity index (χ0) is 19.2. The van der Waals surface area contributed by atoms with E-state index in [0.29, 0.717) is 10.9 Å². The Labute approximate surface area is 159 Å². The number of sulfonamides is 1. The Hall–Kier alpha value is -2.09. The summed E-state index contributed by atoms with van der Waals surface area (Å²) >= 11 is 5.82. The fourth-order valence-electron chi connectivity index (χ4n) is 2.24. The smallest absolute Gasteiger partial charge is 0.240 e. The highest BCUT2D eigenvalue weighted by atomic mass is 35.5.